The van der Waals surface area contributed by atoms with Gasteiger partial charge in [-0.05, 0) is 12.1 Å². The van der Waals surface area contributed by atoms with Crippen molar-refractivity contribution in [1.29, 1.82) is 0 Å². The van der Waals surface area contributed by atoms with Gasteiger partial charge in [0.2, 0.25) is 0 Å². The molecule has 0 aliphatic rings. The molecule has 1 rings (SSSR count). The van der Waals surface area contributed by atoms with Gasteiger partial charge in [-0.2, -0.15) is 0 Å². The van der Waals surface area contributed by atoms with E-state index >= 15 is 0 Å². The number of para-hydroxylation sites is 1. The maximum atomic E-state index is 8.63. The van der Waals surface area contributed by atoms with Gasteiger partial charge in [-0.25, -0.2) is 0 Å². The molecule has 0 aliphatic carbocycles. The average Bonchev–Trinajstić information content (AvgIpc) is 1.69. The number of phenols is 1. The maximum absolute atomic E-state index is 8.63. The van der Waals surface area contributed by atoms with Crippen LogP contribution in [0.5, 0.6) is 5.75 Å². The molecule has 0 saturated heterocycles. The van der Waals surface area contributed by atoms with Gasteiger partial charge in [0, 0.05) is 0 Å². The van der Waals surface area contributed by atoms with Crippen molar-refractivity contribution in [1.82, 2.24) is 0 Å². The smallest absolute Gasteiger partial charge is 1.00 e. The van der Waals surface area contributed by atoms with E-state index in [2.05, 4.69) is 0 Å². The normalized spacial score (nSPS) is 6.67. The Morgan fingerprint density at radius 3 is 1.67 bits per heavy atom. The van der Waals surface area contributed by atoms with Gasteiger partial charge in [0.05, 0.1) is 0 Å². The Kier molecular flexibility index (Phi) is 10.3. The first-order valence-electron chi connectivity index (χ1n) is 2.13. The number of rotatable bonds is 0. The zero-order valence-electron chi connectivity index (χ0n) is 5.21. The van der Waals surface area contributed by atoms with Crippen molar-refractivity contribution < 1.29 is 73.5 Å². The van der Waals surface area contributed by atoms with Gasteiger partial charge in [-0.3, -0.25) is 0 Å². The zero-order valence-corrected chi connectivity index (χ0v) is 9.92. The minimum Gasteiger partial charge on any atom is -1.00 e. The first kappa shape index (κ1) is 12.8. The minimum absolute atomic E-state index is 0. The Morgan fingerprint density at radius 2 is 1.44 bits per heavy atom. The topological polar surface area (TPSA) is 20.2 Å². The van der Waals surface area contributed by atoms with Crippen LogP contribution in [0.25, 0.3) is 0 Å². The third-order valence-electron chi connectivity index (χ3n) is 0.756. The van der Waals surface area contributed by atoms with Crippen molar-refractivity contribution >= 4 is 0 Å². The van der Waals surface area contributed by atoms with E-state index in [-0.39, 0.29) is 68.4 Å². The van der Waals surface area contributed by atoms with E-state index in [4.69, 9.17) is 5.11 Å². The fourth-order valence-corrected chi connectivity index (χ4v) is 0.428. The molecule has 0 heterocycles. The molecule has 44 valence electrons. The summed E-state index contributed by atoms with van der Waals surface area (Å²) in [6.45, 7) is 0. The third-order valence-corrected chi connectivity index (χ3v) is 0.756. The summed E-state index contributed by atoms with van der Waals surface area (Å²) in [5.41, 5.74) is 0. The maximum Gasteiger partial charge on any atom is 1.00 e. The molecule has 0 atom stereocenters. The Hall–Kier alpha value is 1.14. The molecule has 0 fully saturated rings. The summed E-state index contributed by atoms with van der Waals surface area (Å²) in [7, 11) is 0. The average molecular weight is 213 g/mol. The Morgan fingerprint density at radius 1 is 1.00 bits per heavy atom. The van der Waals surface area contributed by atoms with Gasteiger partial charge in [0.15, 0.2) is 0 Å². The van der Waals surface area contributed by atoms with E-state index in [1.54, 1.807) is 24.3 Å². The number of benzene rings is 1. The largest absolute Gasteiger partial charge is 1.00 e. The van der Waals surface area contributed by atoms with Crippen molar-refractivity contribution in [3.63, 3.8) is 0 Å². The van der Waals surface area contributed by atoms with Crippen molar-refractivity contribution in [2.45, 2.75) is 0 Å². The molecule has 0 unspecified atom stereocenters. The van der Waals surface area contributed by atoms with Crippen LogP contribution in [0, 0.1) is 0 Å². The van der Waals surface area contributed by atoms with E-state index in [1.807, 2.05) is 6.07 Å². The molecule has 1 nitrogen and oxygen atoms in total. The van der Waals surface area contributed by atoms with Crippen molar-refractivity contribution in [3.05, 3.63) is 30.3 Å². The van der Waals surface area contributed by atoms with E-state index in [9.17, 15) is 0 Å². The molecule has 1 N–H and O–H groups in total. The number of halogens is 1. The second-order valence-corrected chi connectivity index (χ2v) is 1.34. The summed E-state index contributed by atoms with van der Waals surface area (Å²) in [5, 5.41) is 8.63. The van der Waals surface area contributed by atoms with Gasteiger partial charge in [-0.15, -0.1) is 0 Å². The summed E-state index contributed by atoms with van der Waals surface area (Å²) in [6.07, 6.45) is 0. The Bertz CT molecular complexity index is 143. The number of aromatic hydroxyl groups is 1. The minimum atomic E-state index is 0. The Labute approximate surface area is 108 Å². The van der Waals surface area contributed by atoms with Crippen LogP contribution in [0.2, 0.25) is 0 Å². The second-order valence-electron chi connectivity index (χ2n) is 1.34. The predicted octanol–water partition coefficient (Wildman–Crippen LogP) is -4.60. The molecule has 1 aromatic carbocycles. The molecular formula is C6H6BrKO. The third kappa shape index (κ3) is 5.57. The van der Waals surface area contributed by atoms with E-state index in [0.29, 0.717) is 5.75 Å². The molecule has 0 bridgehead atoms. The fourth-order valence-electron chi connectivity index (χ4n) is 0.428. The van der Waals surface area contributed by atoms with E-state index < -0.39 is 0 Å². The number of phenolic OH excluding ortho intramolecular Hbond substituents is 1. The summed E-state index contributed by atoms with van der Waals surface area (Å²) in [5.74, 6) is 0.322. The van der Waals surface area contributed by atoms with Crippen LogP contribution in [0.15, 0.2) is 30.3 Å². The molecule has 0 amide bonds. The Balaban J connectivity index is 0. The van der Waals surface area contributed by atoms with Gasteiger partial charge in [0.25, 0.3) is 0 Å². The van der Waals surface area contributed by atoms with Crippen molar-refractivity contribution in [3.8, 4) is 5.75 Å². The van der Waals surface area contributed by atoms with Crippen LogP contribution in [0.3, 0.4) is 0 Å². The molecule has 0 radical (unpaired) electrons. The monoisotopic (exact) mass is 212 g/mol. The first-order valence-corrected chi connectivity index (χ1v) is 2.13. The molecule has 0 spiro atoms. The van der Waals surface area contributed by atoms with Gasteiger partial charge in [-0.1, -0.05) is 18.2 Å². The fraction of sp³-hybridized carbons (Fsp3) is 0. The summed E-state index contributed by atoms with van der Waals surface area (Å²) in [6, 6.07) is 8.71. The number of hydrogen-bond donors (Lipinski definition) is 1. The van der Waals surface area contributed by atoms with Crippen LogP contribution >= 0.6 is 0 Å². The van der Waals surface area contributed by atoms with Gasteiger partial charge < -0.3 is 22.1 Å². The number of hydrogen-bond acceptors (Lipinski definition) is 1. The summed E-state index contributed by atoms with van der Waals surface area (Å²) in [4.78, 5) is 0. The summed E-state index contributed by atoms with van der Waals surface area (Å²) < 4.78 is 0. The van der Waals surface area contributed by atoms with Gasteiger partial charge >= 0.3 is 51.4 Å². The molecule has 0 aromatic heterocycles. The molecule has 0 aliphatic heterocycles. The second kappa shape index (κ2) is 7.25. The van der Waals surface area contributed by atoms with Crippen molar-refractivity contribution in [2.75, 3.05) is 0 Å². The van der Waals surface area contributed by atoms with Crippen LogP contribution in [-0.2, 0) is 0 Å². The first-order chi connectivity index (χ1) is 3.39. The summed E-state index contributed by atoms with van der Waals surface area (Å²) >= 11 is 0. The zero-order chi connectivity index (χ0) is 5.11. The van der Waals surface area contributed by atoms with Gasteiger partial charge in [0.1, 0.15) is 5.75 Å². The van der Waals surface area contributed by atoms with Crippen LogP contribution in [0.4, 0.5) is 0 Å². The van der Waals surface area contributed by atoms with E-state index in [1.165, 1.54) is 0 Å². The molecule has 1 aromatic rings. The van der Waals surface area contributed by atoms with Crippen LogP contribution in [-0.4, -0.2) is 5.11 Å². The predicted molar refractivity (Wildman–Crippen MR) is 28.1 cm³/mol. The SMILES string of the molecule is Oc1ccccc1.[Br-].[K+]. The molecule has 9 heavy (non-hydrogen) atoms. The standard InChI is InChI=1S/C6H6O.BrH.K/c7-6-4-2-1-3-5-6;;/h1-5,7H;1H;/q;;+1/p-1. The molecular weight excluding hydrogens is 207 g/mol. The quantitative estimate of drug-likeness (QED) is 0.430. The van der Waals surface area contributed by atoms with Crippen LogP contribution < -0.4 is 68.4 Å². The van der Waals surface area contributed by atoms with E-state index in [0.717, 1.165) is 0 Å². The molecule has 3 heteroatoms. The van der Waals surface area contributed by atoms with Crippen LogP contribution in [0.1, 0.15) is 0 Å². The van der Waals surface area contributed by atoms with Crippen molar-refractivity contribution in [2.24, 2.45) is 0 Å². The molecule has 0 saturated carbocycles.